The molecule has 3 heterocycles. The minimum absolute atomic E-state index is 0.0330. The van der Waals surface area contributed by atoms with E-state index in [2.05, 4.69) is 27.4 Å². The molecular formula is C19H21N5O. The van der Waals surface area contributed by atoms with Crippen LogP contribution in [-0.4, -0.2) is 44.5 Å². The summed E-state index contributed by atoms with van der Waals surface area (Å²) in [6.07, 6.45) is 5.44. The highest BCUT2D eigenvalue weighted by Gasteiger charge is 2.26. The molecule has 1 aromatic carbocycles. The van der Waals surface area contributed by atoms with Gasteiger partial charge in [-0.25, -0.2) is 9.97 Å². The highest BCUT2D eigenvalue weighted by Crippen LogP contribution is 2.21. The van der Waals surface area contributed by atoms with Gasteiger partial charge in [-0.15, -0.1) is 0 Å². The molecule has 1 atom stereocenters. The Hall–Kier alpha value is -2.89. The molecule has 0 aliphatic carbocycles. The first-order valence-corrected chi connectivity index (χ1v) is 8.59. The molecule has 0 spiro atoms. The minimum Gasteiger partial charge on any atom is -0.381 e. The number of nitrogens with zero attached hydrogens (tertiary/aromatic N) is 4. The molecule has 0 bridgehead atoms. The van der Waals surface area contributed by atoms with Gasteiger partial charge in [0.25, 0.3) is 5.91 Å². The van der Waals surface area contributed by atoms with Crippen LogP contribution in [0, 0.1) is 0 Å². The second kappa shape index (κ2) is 6.55. The number of aryl methyl sites for hydroxylation is 1. The molecule has 0 radical (unpaired) electrons. The molecule has 1 N–H and O–H groups in total. The normalized spacial score (nSPS) is 17.6. The lowest BCUT2D eigenvalue weighted by molar-refractivity contribution is 0.0716. The summed E-state index contributed by atoms with van der Waals surface area (Å²) in [4.78, 5) is 23.6. The first-order chi connectivity index (χ1) is 12.2. The van der Waals surface area contributed by atoms with Crippen LogP contribution in [0.1, 0.15) is 23.2 Å². The van der Waals surface area contributed by atoms with Gasteiger partial charge in [0.05, 0.1) is 11.9 Å². The highest BCUT2D eigenvalue weighted by molar-refractivity contribution is 6.04. The Morgan fingerprint density at radius 2 is 2.04 bits per heavy atom. The third-order valence-electron chi connectivity index (χ3n) is 4.68. The van der Waals surface area contributed by atoms with Gasteiger partial charge in [-0.2, -0.15) is 0 Å². The van der Waals surface area contributed by atoms with E-state index >= 15 is 0 Å². The van der Waals surface area contributed by atoms with Gasteiger partial charge in [-0.05, 0) is 31.0 Å². The van der Waals surface area contributed by atoms with Crippen molar-refractivity contribution in [3.05, 3.63) is 54.5 Å². The van der Waals surface area contributed by atoms with E-state index < -0.39 is 0 Å². The predicted octanol–water partition coefficient (Wildman–Crippen LogP) is 2.69. The number of carbonyl (C=O) groups is 1. The summed E-state index contributed by atoms with van der Waals surface area (Å²) in [7, 11) is 1.89. The van der Waals surface area contributed by atoms with Crippen molar-refractivity contribution in [2.75, 3.05) is 18.4 Å². The SMILES string of the molecule is Cn1cnc2c(C(=O)N3CCCC(Nc4ccccc4)C3)ccnc21. The predicted molar refractivity (Wildman–Crippen MR) is 97.5 cm³/mol. The number of amides is 1. The lowest BCUT2D eigenvalue weighted by Crippen LogP contribution is -2.45. The van der Waals surface area contributed by atoms with Gasteiger partial charge < -0.3 is 14.8 Å². The summed E-state index contributed by atoms with van der Waals surface area (Å²) < 4.78 is 1.84. The van der Waals surface area contributed by atoms with Gasteiger partial charge in [0.15, 0.2) is 5.65 Å². The summed E-state index contributed by atoms with van der Waals surface area (Å²) in [5, 5.41) is 3.53. The number of aromatic nitrogens is 3. The number of benzene rings is 1. The average Bonchev–Trinajstić information content (AvgIpc) is 3.03. The van der Waals surface area contributed by atoms with Crippen LogP contribution in [0.5, 0.6) is 0 Å². The zero-order chi connectivity index (χ0) is 17.2. The van der Waals surface area contributed by atoms with Crippen molar-refractivity contribution < 1.29 is 4.79 Å². The van der Waals surface area contributed by atoms with Crippen LogP contribution in [0.3, 0.4) is 0 Å². The van der Waals surface area contributed by atoms with Crippen LogP contribution in [0.25, 0.3) is 11.2 Å². The van der Waals surface area contributed by atoms with E-state index in [1.165, 1.54) is 0 Å². The number of rotatable bonds is 3. The first kappa shape index (κ1) is 15.6. The highest BCUT2D eigenvalue weighted by atomic mass is 16.2. The van der Waals surface area contributed by atoms with Gasteiger partial charge in [0.1, 0.15) is 5.52 Å². The van der Waals surface area contributed by atoms with Gasteiger partial charge in [0, 0.05) is 38.1 Å². The number of hydrogen-bond donors (Lipinski definition) is 1. The molecular weight excluding hydrogens is 314 g/mol. The topological polar surface area (TPSA) is 63.1 Å². The molecule has 1 aliphatic rings. The summed E-state index contributed by atoms with van der Waals surface area (Å²) in [6, 6.07) is 12.2. The lowest BCUT2D eigenvalue weighted by Gasteiger charge is -2.33. The molecule has 1 unspecified atom stereocenters. The number of hydrogen-bond acceptors (Lipinski definition) is 4. The summed E-state index contributed by atoms with van der Waals surface area (Å²) in [5.41, 5.74) is 3.14. The molecule has 4 rings (SSSR count). The quantitative estimate of drug-likeness (QED) is 0.799. The standard InChI is InChI=1S/C19H21N5O/c1-23-13-21-17-16(9-10-20-18(17)23)19(25)24-11-5-8-15(12-24)22-14-6-3-2-4-7-14/h2-4,6-7,9-10,13,15,22H,5,8,11-12H2,1H3. The zero-order valence-electron chi connectivity index (χ0n) is 14.2. The molecule has 1 aliphatic heterocycles. The molecule has 2 aromatic heterocycles. The molecule has 25 heavy (non-hydrogen) atoms. The Bertz CT molecular complexity index is 889. The van der Waals surface area contributed by atoms with E-state index in [0.717, 1.165) is 30.7 Å². The van der Waals surface area contributed by atoms with Crippen molar-refractivity contribution >= 4 is 22.8 Å². The Morgan fingerprint density at radius 1 is 1.20 bits per heavy atom. The Balaban J connectivity index is 1.53. The zero-order valence-corrected chi connectivity index (χ0v) is 14.2. The van der Waals surface area contributed by atoms with E-state index in [4.69, 9.17) is 0 Å². The third kappa shape index (κ3) is 3.07. The van der Waals surface area contributed by atoms with Crippen molar-refractivity contribution in [3.8, 4) is 0 Å². The summed E-state index contributed by atoms with van der Waals surface area (Å²) in [6.45, 7) is 1.48. The van der Waals surface area contributed by atoms with Crippen LogP contribution < -0.4 is 5.32 Å². The monoisotopic (exact) mass is 335 g/mol. The number of nitrogens with one attached hydrogen (secondary N) is 1. The molecule has 1 saturated heterocycles. The smallest absolute Gasteiger partial charge is 0.256 e. The molecule has 0 saturated carbocycles. The molecule has 6 nitrogen and oxygen atoms in total. The van der Waals surface area contributed by atoms with E-state index in [0.29, 0.717) is 17.6 Å². The van der Waals surface area contributed by atoms with E-state index in [1.54, 1.807) is 18.6 Å². The second-order valence-corrected chi connectivity index (χ2v) is 6.49. The van der Waals surface area contributed by atoms with Crippen LogP contribution in [-0.2, 0) is 7.05 Å². The van der Waals surface area contributed by atoms with Crippen LogP contribution in [0.2, 0.25) is 0 Å². The Kier molecular flexibility index (Phi) is 4.09. The van der Waals surface area contributed by atoms with Crippen molar-refractivity contribution in [3.63, 3.8) is 0 Å². The number of fused-ring (bicyclic) bond motifs is 1. The average molecular weight is 335 g/mol. The van der Waals surface area contributed by atoms with Crippen LogP contribution >= 0.6 is 0 Å². The van der Waals surface area contributed by atoms with Crippen molar-refractivity contribution in [1.82, 2.24) is 19.4 Å². The second-order valence-electron chi connectivity index (χ2n) is 6.49. The number of anilines is 1. The fourth-order valence-electron chi connectivity index (χ4n) is 3.42. The number of para-hydroxylation sites is 1. The van der Waals surface area contributed by atoms with E-state index in [1.807, 2.05) is 34.7 Å². The van der Waals surface area contributed by atoms with E-state index in [9.17, 15) is 4.79 Å². The van der Waals surface area contributed by atoms with Gasteiger partial charge in [0.2, 0.25) is 0 Å². The summed E-state index contributed by atoms with van der Waals surface area (Å²) in [5.74, 6) is 0.0330. The fourth-order valence-corrected chi connectivity index (χ4v) is 3.42. The number of imidazole rings is 1. The largest absolute Gasteiger partial charge is 0.381 e. The lowest BCUT2D eigenvalue weighted by atomic mass is 10.0. The molecule has 6 heteroatoms. The summed E-state index contributed by atoms with van der Waals surface area (Å²) >= 11 is 0. The van der Waals surface area contributed by atoms with Gasteiger partial charge in [-0.3, -0.25) is 4.79 Å². The Morgan fingerprint density at radius 3 is 2.88 bits per heavy atom. The van der Waals surface area contributed by atoms with Crippen LogP contribution in [0.4, 0.5) is 5.69 Å². The van der Waals surface area contributed by atoms with E-state index in [-0.39, 0.29) is 11.9 Å². The number of carbonyl (C=O) groups excluding carboxylic acids is 1. The maximum atomic E-state index is 13.0. The number of pyridine rings is 1. The van der Waals surface area contributed by atoms with Gasteiger partial charge in [-0.1, -0.05) is 18.2 Å². The number of likely N-dealkylation sites (tertiary alicyclic amines) is 1. The maximum absolute atomic E-state index is 13.0. The molecule has 1 amide bonds. The molecule has 1 fully saturated rings. The third-order valence-corrected chi connectivity index (χ3v) is 4.68. The van der Waals surface area contributed by atoms with Crippen molar-refractivity contribution in [2.45, 2.75) is 18.9 Å². The molecule has 3 aromatic rings. The van der Waals surface area contributed by atoms with Crippen LogP contribution in [0.15, 0.2) is 48.9 Å². The fraction of sp³-hybridized carbons (Fsp3) is 0.316. The molecule has 128 valence electrons. The number of piperidine rings is 1. The first-order valence-electron chi connectivity index (χ1n) is 8.59. The minimum atomic E-state index is 0.0330. The van der Waals surface area contributed by atoms with Gasteiger partial charge >= 0.3 is 0 Å². The van der Waals surface area contributed by atoms with Crippen molar-refractivity contribution in [2.24, 2.45) is 7.05 Å². The van der Waals surface area contributed by atoms with Crippen molar-refractivity contribution in [1.29, 1.82) is 0 Å². The Labute approximate surface area is 146 Å². The maximum Gasteiger partial charge on any atom is 0.256 e.